The largest absolute Gasteiger partial charge is 0.307 e. The van der Waals surface area contributed by atoms with E-state index >= 15 is 0 Å². The molecule has 3 heteroatoms. The van der Waals surface area contributed by atoms with Crippen LogP contribution in [0.3, 0.4) is 0 Å². The van der Waals surface area contributed by atoms with Crippen molar-refractivity contribution in [2.45, 2.75) is 59.3 Å². The molecule has 4 aromatic heterocycles. The Morgan fingerprint density at radius 2 is 1.76 bits per heavy atom. The minimum absolute atomic E-state index is 0.479. The van der Waals surface area contributed by atoms with Gasteiger partial charge in [0, 0.05) is 29.2 Å². The van der Waals surface area contributed by atoms with Crippen LogP contribution in [0.2, 0.25) is 0 Å². The Balaban J connectivity index is 1.69. The molecule has 3 nitrogen and oxygen atoms in total. The van der Waals surface area contributed by atoms with Gasteiger partial charge in [0.2, 0.25) is 5.52 Å². The molecule has 6 aromatic rings. The molecule has 0 amide bonds. The number of aryl methyl sites for hydroxylation is 3. The highest BCUT2D eigenvalue weighted by molar-refractivity contribution is 6.26. The minimum Gasteiger partial charge on any atom is -0.307 e. The lowest BCUT2D eigenvalue weighted by atomic mass is 9.71. The standard InChI is InChI=1S/C31H32N3/c1-18-14-23-24-17-32-12-8-25(24)34-26-16-22(20-6-10-31(3,4)11-7-20)15-21-9-13-33(5)30(28(21)26)27(19(18)2)29(23)34/h8-9,12-17,20H,6-7,10-11H2,1-5H3/q+1. The molecule has 1 fully saturated rings. The predicted octanol–water partition coefficient (Wildman–Crippen LogP) is 7.51. The maximum Gasteiger partial charge on any atom is 0.224 e. The van der Waals surface area contributed by atoms with Crippen LogP contribution in [0.25, 0.3) is 49.0 Å². The average molecular weight is 447 g/mol. The zero-order valence-electron chi connectivity index (χ0n) is 20.9. The highest BCUT2D eigenvalue weighted by atomic mass is 15.0. The van der Waals surface area contributed by atoms with E-state index in [0.29, 0.717) is 11.3 Å². The summed E-state index contributed by atoms with van der Waals surface area (Å²) in [6, 6.07) is 11.9. The van der Waals surface area contributed by atoms with Crippen molar-refractivity contribution < 1.29 is 4.57 Å². The quantitative estimate of drug-likeness (QED) is 0.145. The summed E-state index contributed by atoms with van der Waals surface area (Å²) < 4.78 is 4.87. The summed E-state index contributed by atoms with van der Waals surface area (Å²) in [5.41, 5.74) is 9.98. The van der Waals surface area contributed by atoms with Crippen molar-refractivity contribution in [3.05, 3.63) is 65.6 Å². The fourth-order valence-electron chi connectivity index (χ4n) is 6.74. The van der Waals surface area contributed by atoms with E-state index in [0.717, 1.165) is 0 Å². The van der Waals surface area contributed by atoms with Crippen molar-refractivity contribution in [3.8, 4) is 0 Å². The van der Waals surface area contributed by atoms with Crippen LogP contribution in [0.5, 0.6) is 0 Å². The molecular weight excluding hydrogens is 414 g/mol. The number of fused-ring (bicyclic) bond motifs is 5. The van der Waals surface area contributed by atoms with Crippen molar-refractivity contribution in [1.29, 1.82) is 0 Å². The summed E-state index contributed by atoms with van der Waals surface area (Å²) in [7, 11) is 2.20. The normalized spacial score (nSPS) is 17.2. The van der Waals surface area contributed by atoms with Crippen molar-refractivity contribution in [2.24, 2.45) is 12.5 Å². The first kappa shape index (κ1) is 20.2. The van der Waals surface area contributed by atoms with Gasteiger partial charge in [-0.05, 0) is 91.1 Å². The van der Waals surface area contributed by atoms with E-state index in [1.807, 2.05) is 12.4 Å². The van der Waals surface area contributed by atoms with Gasteiger partial charge in [-0.2, -0.15) is 0 Å². The van der Waals surface area contributed by atoms with E-state index < -0.39 is 0 Å². The molecule has 0 saturated heterocycles. The Morgan fingerprint density at radius 1 is 0.971 bits per heavy atom. The molecule has 0 atom stereocenters. The molecule has 170 valence electrons. The molecule has 2 aromatic carbocycles. The van der Waals surface area contributed by atoms with Crippen LogP contribution >= 0.6 is 0 Å². The van der Waals surface area contributed by atoms with Crippen LogP contribution in [-0.2, 0) is 7.05 Å². The third-order valence-electron chi connectivity index (χ3n) is 8.90. The van der Waals surface area contributed by atoms with Gasteiger partial charge in [-0.15, -0.1) is 0 Å². The molecule has 4 heterocycles. The lowest BCUT2D eigenvalue weighted by molar-refractivity contribution is -0.643. The van der Waals surface area contributed by atoms with Gasteiger partial charge in [-0.3, -0.25) is 4.98 Å². The zero-order valence-corrected chi connectivity index (χ0v) is 20.9. The molecule has 1 aliphatic carbocycles. The van der Waals surface area contributed by atoms with Gasteiger partial charge < -0.3 is 4.40 Å². The van der Waals surface area contributed by atoms with Crippen molar-refractivity contribution >= 4 is 49.0 Å². The smallest absolute Gasteiger partial charge is 0.224 e. The summed E-state index contributed by atoms with van der Waals surface area (Å²) in [5.74, 6) is 0.645. The predicted molar refractivity (Wildman–Crippen MR) is 142 cm³/mol. The fourth-order valence-corrected chi connectivity index (χ4v) is 6.74. The van der Waals surface area contributed by atoms with E-state index in [9.17, 15) is 0 Å². The number of rotatable bonds is 1. The molecule has 0 radical (unpaired) electrons. The van der Waals surface area contributed by atoms with Crippen LogP contribution in [0.1, 0.15) is 62.1 Å². The molecule has 0 bridgehead atoms. The first-order chi connectivity index (χ1) is 16.3. The van der Waals surface area contributed by atoms with Crippen LogP contribution in [0.4, 0.5) is 0 Å². The van der Waals surface area contributed by atoms with E-state index in [2.05, 4.69) is 85.2 Å². The Morgan fingerprint density at radius 3 is 2.56 bits per heavy atom. The Bertz CT molecular complexity index is 1760. The molecule has 0 N–H and O–H groups in total. The third kappa shape index (κ3) is 2.58. The number of hydrogen-bond acceptors (Lipinski definition) is 1. The molecule has 34 heavy (non-hydrogen) atoms. The molecule has 0 spiro atoms. The van der Waals surface area contributed by atoms with Gasteiger partial charge in [0.15, 0.2) is 6.20 Å². The van der Waals surface area contributed by atoms with Gasteiger partial charge in [-0.25, -0.2) is 4.57 Å². The maximum absolute atomic E-state index is 4.51. The Hall–Kier alpha value is -3.20. The second-order valence-corrected chi connectivity index (χ2v) is 11.5. The highest BCUT2D eigenvalue weighted by Gasteiger charge is 2.30. The lowest BCUT2D eigenvalue weighted by Crippen LogP contribution is -2.29. The number of aromatic nitrogens is 3. The van der Waals surface area contributed by atoms with Crippen LogP contribution < -0.4 is 4.57 Å². The molecule has 7 rings (SSSR count). The van der Waals surface area contributed by atoms with E-state index in [4.69, 9.17) is 0 Å². The fraction of sp³-hybridized carbons (Fsp3) is 0.355. The van der Waals surface area contributed by atoms with Gasteiger partial charge in [0.05, 0.1) is 27.3 Å². The van der Waals surface area contributed by atoms with Gasteiger partial charge in [0.25, 0.3) is 0 Å². The molecule has 0 unspecified atom stereocenters. The maximum atomic E-state index is 4.51. The summed E-state index contributed by atoms with van der Waals surface area (Å²) in [6.45, 7) is 9.38. The molecular formula is C31H32N3+. The molecule has 0 aliphatic heterocycles. The number of pyridine rings is 3. The van der Waals surface area contributed by atoms with Crippen LogP contribution in [0, 0.1) is 19.3 Å². The summed E-state index contributed by atoms with van der Waals surface area (Å²) in [5, 5.41) is 6.67. The Kier molecular flexibility index (Phi) is 3.97. The SMILES string of the molecule is Cc1cc2c3cnccc3n3c4cc(C5CCC(C)(C)CC5)cc5cc[n+](C)c(c(c1C)c23)c54. The van der Waals surface area contributed by atoms with Crippen molar-refractivity contribution in [2.75, 3.05) is 0 Å². The zero-order chi connectivity index (χ0) is 23.4. The second kappa shape index (κ2) is 6.69. The van der Waals surface area contributed by atoms with Crippen molar-refractivity contribution in [3.63, 3.8) is 0 Å². The molecule has 1 aliphatic rings. The van der Waals surface area contributed by atoms with E-state index in [1.54, 1.807) is 0 Å². The van der Waals surface area contributed by atoms with E-state index in [1.165, 1.54) is 91.4 Å². The summed E-state index contributed by atoms with van der Waals surface area (Å²) in [6.07, 6.45) is 11.4. The van der Waals surface area contributed by atoms with Crippen molar-refractivity contribution in [1.82, 2.24) is 9.38 Å². The van der Waals surface area contributed by atoms with Crippen LogP contribution in [0.15, 0.2) is 48.9 Å². The van der Waals surface area contributed by atoms with Gasteiger partial charge >= 0.3 is 0 Å². The lowest BCUT2D eigenvalue weighted by Gasteiger charge is -2.34. The monoisotopic (exact) mass is 446 g/mol. The Labute approximate surface area is 200 Å². The first-order valence-corrected chi connectivity index (χ1v) is 12.7. The second-order valence-electron chi connectivity index (χ2n) is 11.5. The van der Waals surface area contributed by atoms with Gasteiger partial charge in [0.1, 0.15) is 7.05 Å². The number of hydrogen-bond donors (Lipinski definition) is 0. The van der Waals surface area contributed by atoms with Crippen LogP contribution in [-0.4, -0.2) is 9.38 Å². The third-order valence-corrected chi connectivity index (χ3v) is 8.90. The average Bonchev–Trinajstić information content (AvgIpc) is 3.14. The first-order valence-electron chi connectivity index (χ1n) is 12.7. The number of benzene rings is 2. The number of nitrogens with zero attached hydrogens (tertiary/aromatic N) is 3. The summed E-state index contributed by atoms with van der Waals surface area (Å²) in [4.78, 5) is 4.51. The summed E-state index contributed by atoms with van der Waals surface area (Å²) >= 11 is 0. The van der Waals surface area contributed by atoms with Gasteiger partial charge in [-0.1, -0.05) is 19.9 Å². The minimum atomic E-state index is 0.479. The van der Waals surface area contributed by atoms with E-state index in [-0.39, 0.29) is 0 Å². The topological polar surface area (TPSA) is 21.2 Å². The molecule has 1 saturated carbocycles. The highest BCUT2D eigenvalue weighted by Crippen LogP contribution is 2.46.